The third kappa shape index (κ3) is 11.3. The van der Waals surface area contributed by atoms with Gasteiger partial charge < -0.3 is 19.3 Å². The van der Waals surface area contributed by atoms with Crippen LogP contribution in [0.2, 0.25) is 0 Å². The van der Waals surface area contributed by atoms with Gasteiger partial charge in [0.1, 0.15) is 23.0 Å². The Morgan fingerprint density at radius 3 is 1.11 bits per heavy atom. The van der Waals surface area contributed by atoms with Crippen molar-refractivity contribution in [3.05, 3.63) is 474 Å². The van der Waals surface area contributed by atoms with Gasteiger partial charge in [0.2, 0.25) is 0 Å². The van der Waals surface area contributed by atoms with Gasteiger partial charge in [0.05, 0.1) is 10.8 Å². The van der Waals surface area contributed by atoms with Crippen LogP contribution in [-0.2, 0) is 17.3 Å². The Morgan fingerprint density at radius 1 is 0.269 bits per heavy atom. The van der Waals surface area contributed by atoms with Crippen molar-refractivity contribution in [1.82, 2.24) is 0 Å². The summed E-state index contributed by atoms with van der Waals surface area (Å²) in [5, 5.41) is 0. The van der Waals surface area contributed by atoms with Crippen molar-refractivity contribution in [2.45, 2.75) is 24.2 Å². The molecule has 4 heteroatoms. The second-order valence-electron chi connectivity index (χ2n) is 28.1. The molecule has 0 radical (unpaired) electrons. The lowest BCUT2D eigenvalue weighted by Crippen LogP contribution is -2.34. The summed E-state index contributed by atoms with van der Waals surface area (Å²) in [6.45, 7) is 2.10. The van der Waals surface area contributed by atoms with Gasteiger partial charge in [-0.25, -0.2) is 0 Å². The molecule has 2 aliphatic heterocycles. The molecule has 0 amide bonds. The third-order valence-corrected chi connectivity index (χ3v) is 22.0. The third-order valence-electron chi connectivity index (χ3n) is 22.0. The summed E-state index contributed by atoms with van der Waals surface area (Å²) in [5.41, 5.74) is 29.3. The number of anilines is 6. The summed E-state index contributed by atoms with van der Waals surface area (Å²) >= 11 is 0. The topological polar surface area (TPSA) is 24.9 Å². The zero-order valence-corrected chi connectivity index (χ0v) is 59.8. The fourth-order valence-corrected chi connectivity index (χ4v) is 17.1. The Labute approximate surface area is 632 Å². The molecule has 0 aromatic heterocycles. The maximum atomic E-state index is 7.08. The van der Waals surface area contributed by atoms with Crippen LogP contribution in [0, 0.1) is 0 Å². The van der Waals surface area contributed by atoms with Crippen molar-refractivity contribution in [2.75, 3.05) is 9.80 Å². The van der Waals surface area contributed by atoms with Gasteiger partial charge in [0, 0.05) is 56.4 Å². The summed E-state index contributed by atoms with van der Waals surface area (Å²) in [7, 11) is 0. The Balaban J connectivity index is 0.653. The highest BCUT2D eigenvalue weighted by Gasteiger charge is 2.52. The molecule has 4 nitrogen and oxygen atoms in total. The van der Waals surface area contributed by atoms with Crippen molar-refractivity contribution < 1.29 is 9.47 Å². The highest BCUT2D eigenvalue weighted by Crippen LogP contribution is 2.64. The van der Waals surface area contributed by atoms with Crippen molar-refractivity contribution in [3.63, 3.8) is 0 Å². The van der Waals surface area contributed by atoms with Crippen LogP contribution in [0.4, 0.5) is 34.1 Å². The maximum absolute atomic E-state index is 7.08. The van der Waals surface area contributed by atoms with Gasteiger partial charge in [-0.2, -0.15) is 0 Å². The molecular weight excluding hydrogens is 1310 g/mol. The highest BCUT2D eigenvalue weighted by molar-refractivity contribution is 5.94. The quantitative estimate of drug-likeness (QED) is 0.0900. The van der Waals surface area contributed by atoms with Crippen molar-refractivity contribution >= 4 is 39.7 Å². The Morgan fingerprint density at radius 2 is 0.620 bits per heavy atom. The first-order valence-corrected chi connectivity index (χ1v) is 37.3. The van der Waals surface area contributed by atoms with Crippen molar-refractivity contribution in [1.29, 1.82) is 0 Å². The fraction of sp³-hybridized carbons (Fsp3) is 0.0385. The lowest BCUT2D eigenvalue weighted by atomic mass is 9.63. The molecule has 1 spiro atoms. The first-order chi connectivity index (χ1) is 53.5. The van der Waals surface area contributed by atoms with Gasteiger partial charge in [-0.05, 0) is 217 Å². The number of para-hydroxylation sites is 3. The summed E-state index contributed by atoms with van der Waals surface area (Å²) < 4.78 is 14.0. The number of hydrogen-bond donors (Lipinski definition) is 0. The van der Waals surface area contributed by atoms with Gasteiger partial charge in [-0.1, -0.05) is 309 Å². The minimum Gasteiger partial charge on any atom is -0.457 e. The first kappa shape index (κ1) is 65.0. The second-order valence-corrected chi connectivity index (χ2v) is 28.1. The molecule has 0 saturated carbocycles. The summed E-state index contributed by atoms with van der Waals surface area (Å²) in [6, 6.07) is 146. The maximum Gasteiger partial charge on any atom is 0.132 e. The molecule has 0 atom stereocenters. The van der Waals surface area contributed by atoms with Crippen molar-refractivity contribution in [3.8, 4) is 78.6 Å². The second kappa shape index (κ2) is 27.7. The van der Waals surface area contributed by atoms with E-state index in [9.17, 15) is 0 Å². The number of hydrogen-bond acceptors (Lipinski definition) is 4. The predicted octanol–water partition coefficient (Wildman–Crippen LogP) is 27.5. The monoisotopic (exact) mass is 1380 g/mol. The molecular formula is C104H74N2O2. The molecule has 0 bridgehead atoms. The minimum absolute atomic E-state index is 0.679. The van der Waals surface area contributed by atoms with E-state index in [-0.39, 0.29) is 0 Å². The van der Waals surface area contributed by atoms with Crippen LogP contribution in [0.3, 0.4) is 0 Å². The molecule has 0 saturated heterocycles. The molecule has 16 aromatic rings. The van der Waals surface area contributed by atoms with E-state index in [1.54, 1.807) is 0 Å². The molecule has 512 valence electrons. The fourth-order valence-electron chi connectivity index (χ4n) is 17.1. The normalized spacial score (nSPS) is 13.2. The Kier molecular flexibility index (Phi) is 16.7. The lowest BCUT2D eigenvalue weighted by molar-refractivity contribution is 0.434. The molecule has 3 aliphatic rings. The number of benzene rings is 16. The molecule has 108 heavy (non-hydrogen) atoms. The number of allylic oxidation sites excluding steroid dienone is 4. The van der Waals surface area contributed by atoms with E-state index in [0.717, 1.165) is 114 Å². The summed E-state index contributed by atoms with van der Waals surface area (Å²) in [4.78, 5) is 4.77. The molecule has 0 unspecified atom stereocenters. The molecule has 1 aliphatic carbocycles. The molecule has 16 aromatic carbocycles. The van der Waals surface area contributed by atoms with E-state index in [4.69, 9.17) is 9.47 Å². The molecule has 19 rings (SSSR count). The van der Waals surface area contributed by atoms with Gasteiger partial charge in [-0.3, -0.25) is 0 Å². The van der Waals surface area contributed by atoms with Gasteiger partial charge >= 0.3 is 0 Å². The lowest BCUT2D eigenvalue weighted by Gasteiger charge is -2.42. The zero-order valence-electron chi connectivity index (χ0n) is 59.8. The van der Waals surface area contributed by atoms with E-state index < -0.39 is 10.8 Å². The van der Waals surface area contributed by atoms with E-state index in [2.05, 4.69) is 435 Å². The standard InChI is InChI=1S/C104H74N2O2/c1-2-26-73(77-47-55-86(56-48-77)105(85-39-19-8-20-40-85)90-62-66-102-98(71-90)104(94-42-22-24-44-100(94)108-102)95-68-81(75-30-11-4-12-31-75)53-63-91(95)92-64-54-82(69-96(92)104)76-32-13-5-14-33-76)46-45-72-27-25-34-80(67-72)79-51-59-88(60-52-79)106(87-57-49-78(50-58-87)74-28-9-3-10-29-74)89-61-65-101-97(70-89)103(83-35-15-6-16-36-83,84-37-17-7-18-38-84)93-41-21-23-43-99(93)107-101/h2-44,46-71H,45H2,1H3. The molecule has 0 N–H and O–H groups in total. The van der Waals surface area contributed by atoms with Crippen LogP contribution >= 0.6 is 0 Å². The molecule has 0 fully saturated rings. The SMILES string of the molecule is CC=CC(=CCc1cccc(-c2ccc(N(c3ccc(-c4ccccc4)cc3)c3ccc4c(c3)C(c3ccccc3)(c3ccccc3)c3ccccc3O4)cc2)c1)c1ccc(N(c2ccccc2)c2ccc3c(c2)C2(c4ccccc4O3)c3cc(-c4ccccc4)ccc3-c3ccc(-c4ccccc4)cc32)cc1. The van der Waals surface area contributed by atoms with Gasteiger partial charge in [0.15, 0.2) is 0 Å². The first-order valence-electron chi connectivity index (χ1n) is 37.3. The van der Waals surface area contributed by atoms with Crippen molar-refractivity contribution in [2.24, 2.45) is 0 Å². The van der Waals surface area contributed by atoms with E-state index >= 15 is 0 Å². The number of rotatable bonds is 16. The van der Waals surface area contributed by atoms with Crippen LogP contribution in [0.25, 0.3) is 61.2 Å². The summed E-state index contributed by atoms with van der Waals surface area (Å²) in [6.07, 6.45) is 7.48. The van der Waals surface area contributed by atoms with Crippen LogP contribution in [0.1, 0.15) is 62.6 Å². The summed E-state index contributed by atoms with van der Waals surface area (Å²) in [5.74, 6) is 3.37. The van der Waals surface area contributed by atoms with E-state index in [1.165, 1.54) is 66.8 Å². The van der Waals surface area contributed by atoms with Crippen LogP contribution in [0.15, 0.2) is 419 Å². The number of fused-ring (bicyclic) bond motifs is 11. The van der Waals surface area contributed by atoms with Crippen LogP contribution < -0.4 is 19.3 Å². The van der Waals surface area contributed by atoms with Crippen LogP contribution in [0.5, 0.6) is 23.0 Å². The average molecular weight is 1380 g/mol. The minimum atomic E-state index is -0.737. The average Bonchev–Trinajstić information content (AvgIpc) is 1.46. The van der Waals surface area contributed by atoms with E-state index in [0.29, 0.717) is 0 Å². The van der Waals surface area contributed by atoms with Gasteiger partial charge in [-0.15, -0.1) is 0 Å². The number of nitrogens with zero attached hydrogens (tertiary/aromatic N) is 2. The zero-order chi connectivity index (χ0) is 72.0. The van der Waals surface area contributed by atoms with Crippen LogP contribution in [-0.4, -0.2) is 0 Å². The predicted molar refractivity (Wildman–Crippen MR) is 446 cm³/mol. The number of ether oxygens (including phenoxy) is 2. The highest BCUT2D eigenvalue weighted by atomic mass is 16.5. The Bertz CT molecular complexity index is 5930. The smallest absolute Gasteiger partial charge is 0.132 e. The Hall–Kier alpha value is -13.8. The largest absolute Gasteiger partial charge is 0.457 e. The molecule has 2 heterocycles. The van der Waals surface area contributed by atoms with Gasteiger partial charge in [0.25, 0.3) is 0 Å². The van der Waals surface area contributed by atoms with E-state index in [1.807, 2.05) is 0 Å².